The molecule has 0 saturated carbocycles. The van der Waals surface area contributed by atoms with Crippen LogP contribution in [-0.4, -0.2) is 24.9 Å². The van der Waals surface area contributed by atoms with Crippen LogP contribution in [0.2, 0.25) is 0 Å². The van der Waals surface area contributed by atoms with Gasteiger partial charge in [-0.3, -0.25) is 9.59 Å². The Bertz CT molecular complexity index is 459. The molecule has 1 rings (SSSR count). The van der Waals surface area contributed by atoms with E-state index in [0.717, 1.165) is 0 Å². The maximum absolute atomic E-state index is 11.4. The van der Waals surface area contributed by atoms with E-state index in [1.807, 2.05) is 6.92 Å². The molecule has 6 nitrogen and oxygen atoms in total. The smallest absolute Gasteiger partial charge is 0.251 e. The lowest BCUT2D eigenvalue weighted by Gasteiger charge is -2.15. The highest BCUT2D eigenvalue weighted by molar-refractivity contribution is 5.95. The van der Waals surface area contributed by atoms with Gasteiger partial charge in [0.1, 0.15) is 0 Å². The average molecular weight is 250 g/mol. The number of amides is 2. The van der Waals surface area contributed by atoms with Crippen molar-refractivity contribution in [2.45, 2.75) is 19.4 Å². The maximum atomic E-state index is 11.4. The molecule has 0 saturated heterocycles. The minimum atomic E-state index is -0.379. The summed E-state index contributed by atoms with van der Waals surface area (Å²) in [5.74, 6) is -0.575. The Kier molecular flexibility index (Phi) is 4.53. The van der Waals surface area contributed by atoms with Crippen LogP contribution >= 0.6 is 0 Å². The van der Waals surface area contributed by atoms with Crippen molar-refractivity contribution in [3.8, 4) is 0 Å². The average Bonchev–Trinajstić information content (AvgIpc) is 2.29. The van der Waals surface area contributed by atoms with Crippen LogP contribution < -0.4 is 22.1 Å². The fourth-order valence-electron chi connectivity index (χ4n) is 1.60. The first-order valence-electron chi connectivity index (χ1n) is 5.60. The number of nitrogen functional groups attached to an aromatic ring is 1. The highest BCUT2D eigenvalue weighted by Crippen LogP contribution is 2.21. The van der Waals surface area contributed by atoms with Crippen LogP contribution in [0.4, 0.5) is 11.4 Å². The standard InChI is InChI=1S/C12H18N4O2/c1-7(5-11(14)17)16-10-4-3-8(6-9(10)13)12(18)15-2/h3-4,6-7,16H,5,13H2,1-2H3,(H2,14,17)(H,15,18). The maximum Gasteiger partial charge on any atom is 0.251 e. The quantitative estimate of drug-likeness (QED) is 0.563. The molecule has 6 heteroatoms. The molecule has 0 fully saturated rings. The molecule has 2 amide bonds. The molecule has 0 aliphatic rings. The molecule has 1 atom stereocenters. The van der Waals surface area contributed by atoms with Crippen molar-refractivity contribution in [2.75, 3.05) is 18.1 Å². The van der Waals surface area contributed by atoms with E-state index in [2.05, 4.69) is 10.6 Å². The van der Waals surface area contributed by atoms with Crippen LogP contribution in [0.25, 0.3) is 0 Å². The third-order valence-electron chi connectivity index (χ3n) is 2.45. The van der Waals surface area contributed by atoms with E-state index in [0.29, 0.717) is 16.9 Å². The second-order valence-electron chi connectivity index (χ2n) is 4.10. The van der Waals surface area contributed by atoms with E-state index < -0.39 is 0 Å². The van der Waals surface area contributed by atoms with Gasteiger partial charge >= 0.3 is 0 Å². The topological polar surface area (TPSA) is 110 Å². The molecule has 1 aromatic rings. The van der Waals surface area contributed by atoms with Gasteiger partial charge in [-0.1, -0.05) is 0 Å². The van der Waals surface area contributed by atoms with Gasteiger partial charge in [0.25, 0.3) is 5.91 Å². The summed E-state index contributed by atoms with van der Waals surface area (Å²) < 4.78 is 0. The number of carbonyl (C=O) groups is 2. The Balaban J connectivity index is 2.79. The fraction of sp³-hybridized carbons (Fsp3) is 0.333. The zero-order valence-corrected chi connectivity index (χ0v) is 10.5. The number of primary amides is 1. The molecular formula is C12H18N4O2. The number of benzene rings is 1. The molecular weight excluding hydrogens is 232 g/mol. The number of hydrogen-bond donors (Lipinski definition) is 4. The van der Waals surface area contributed by atoms with E-state index >= 15 is 0 Å². The van der Waals surface area contributed by atoms with Gasteiger partial charge in [0, 0.05) is 25.1 Å². The molecule has 98 valence electrons. The molecule has 18 heavy (non-hydrogen) atoms. The molecule has 6 N–H and O–H groups in total. The first-order chi connectivity index (χ1) is 8.43. The summed E-state index contributed by atoms with van der Waals surface area (Å²) in [4.78, 5) is 22.2. The van der Waals surface area contributed by atoms with E-state index in [1.54, 1.807) is 25.2 Å². The Morgan fingerprint density at radius 2 is 2.06 bits per heavy atom. The van der Waals surface area contributed by atoms with Gasteiger partial charge in [-0.2, -0.15) is 0 Å². The van der Waals surface area contributed by atoms with E-state index in [9.17, 15) is 9.59 Å². The molecule has 0 aliphatic carbocycles. The van der Waals surface area contributed by atoms with Crippen molar-refractivity contribution < 1.29 is 9.59 Å². The summed E-state index contributed by atoms with van der Waals surface area (Å²) in [6.45, 7) is 1.83. The molecule has 1 aromatic carbocycles. The van der Waals surface area contributed by atoms with Crippen LogP contribution in [0.3, 0.4) is 0 Å². The minimum absolute atomic E-state index is 0.115. The number of hydrogen-bond acceptors (Lipinski definition) is 4. The Morgan fingerprint density at radius 1 is 1.39 bits per heavy atom. The van der Waals surface area contributed by atoms with Crippen LogP contribution in [0.15, 0.2) is 18.2 Å². The van der Waals surface area contributed by atoms with Crippen LogP contribution in [0.1, 0.15) is 23.7 Å². The molecule has 0 bridgehead atoms. The highest BCUT2D eigenvalue weighted by Gasteiger charge is 2.10. The van der Waals surface area contributed by atoms with Crippen LogP contribution in [0.5, 0.6) is 0 Å². The van der Waals surface area contributed by atoms with Gasteiger partial charge < -0.3 is 22.1 Å². The summed E-state index contributed by atoms with van der Waals surface area (Å²) in [7, 11) is 1.56. The predicted molar refractivity (Wildman–Crippen MR) is 71.1 cm³/mol. The minimum Gasteiger partial charge on any atom is -0.397 e. The third kappa shape index (κ3) is 3.65. The van der Waals surface area contributed by atoms with Gasteiger partial charge in [0.05, 0.1) is 11.4 Å². The number of anilines is 2. The summed E-state index contributed by atoms with van der Waals surface area (Å²) in [6.07, 6.45) is 0.219. The summed E-state index contributed by atoms with van der Waals surface area (Å²) >= 11 is 0. The first-order valence-corrected chi connectivity index (χ1v) is 5.60. The van der Waals surface area contributed by atoms with Crippen molar-refractivity contribution in [1.29, 1.82) is 0 Å². The monoisotopic (exact) mass is 250 g/mol. The van der Waals surface area contributed by atoms with Crippen molar-refractivity contribution in [2.24, 2.45) is 5.73 Å². The number of carbonyl (C=O) groups excluding carboxylic acids is 2. The highest BCUT2D eigenvalue weighted by atomic mass is 16.1. The molecule has 0 aromatic heterocycles. The zero-order chi connectivity index (χ0) is 13.7. The van der Waals surface area contributed by atoms with E-state index in [1.165, 1.54) is 0 Å². The lowest BCUT2D eigenvalue weighted by molar-refractivity contribution is -0.118. The van der Waals surface area contributed by atoms with E-state index in [-0.39, 0.29) is 24.3 Å². The second kappa shape index (κ2) is 5.90. The Labute approximate surface area is 106 Å². The normalized spacial score (nSPS) is 11.7. The van der Waals surface area contributed by atoms with Crippen LogP contribution in [-0.2, 0) is 4.79 Å². The number of rotatable bonds is 5. The lowest BCUT2D eigenvalue weighted by atomic mass is 10.1. The summed E-state index contributed by atoms with van der Waals surface area (Å²) in [6, 6.07) is 4.83. The third-order valence-corrected chi connectivity index (χ3v) is 2.45. The number of nitrogens with two attached hydrogens (primary N) is 2. The van der Waals surface area contributed by atoms with Crippen molar-refractivity contribution in [1.82, 2.24) is 5.32 Å². The van der Waals surface area contributed by atoms with Gasteiger partial charge in [-0.05, 0) is 25.1 Å². The SMILES string of the molecule is CNC(=O)c1ccc(NC(C)CC(N)=O)c(N)c1. The van der Waals surface area contributed by atoms with Gasteiger partial charge in [-0.25, -0.2) is 0 Å². The first kappa shape index (κ1) is 13.8. The molecule has 1 unspecified atom stereocenters. The lowest BCUT2D eigenvalue weighted by Crippen LogP contribution is -2.24. The van der Waals surface area contributed by atoms with Gasteiger partial charge in [0.2, 0.25) is 5.91 Å². The zero-order valence-electron chi connectivity index (χ0n) is 10.5. The molecule has 0 spiro atoms. The Morgan fingerprint density at radius 3 is 2.56 bits per heavy atom. The molecule has 0 radical (unpaired) electrons. The van der Waals surface area contributed by atoms with Gasteiger partial charge in [-0.15, -0.1) is 0 Å². The van der Waals surface area contributed by atoms with E-state index in [4.69, 9.17) is 11.5 Å². The Hall–Kier alpha value is -2.24. The van der Waals surface area contributed by atoms with Crippen molar-refractivity contribution in [3.05, 3.63) is 23.8 Å². The number of nitrogens with one attached hydrogen (secondary N) is 2. The molecule has 0 heterocycles. The van der Waals surface area contributed by atoms with Crippen molar-refractivity contribution >= 4 is 23.2 Å². The van der Waals surface area contributed by atoms with Gasteiger partial charge in [0.15, 0.2) is 0 Å². The summed E-state index contributed by atoms with van der Waals surface area (Å²) in [5, 5.41) is 5.59. The largest absolute Gasteiger partial charge is 0.397 e. The summed E-state index contributed by atoms with van der Waals surface area (Å²) in [5.41, 5.74) is 12.6. The second-order valence-corrected chi connectivity index (χ2v) is 4.10. The van der Waals surface area contributed by atoms with Crippen molar-refractivity contribution in [3.63, 3.8) is 0 Å². The molecule has 0 aliphatic heterocycles. The van der Waals surface area contributed by atoms with Crippen LogP contribution in [0, 0.1) is 0 Å². The fourth-order valence-corrected chi connectivity index (χ4v) is 1.60. The predicted octanol–water partition coefficient (Wildman–Crippen LogP) is 0.304.